The number of thioether (sulfide) groups is 1. The first-order valence-corrected chi connectivity index (χ1v) is 11.4. The quantitative estimate of drug-likeness (QED) is 0.576. The van der Waals surface area contributed by atoms with Gasteiger partial charge in [0.15, 0.2) is 5.17 Å². The molecule has 1 aliphatic rings. The lowest BCUT2D eigenvalue weighted by molar-refractivity contribution is -0.117. The SMILES string of the molecule is O=C1[C@H](c2ccccc2)SC(=NS(=O)(=O)c2ccc(Cl)cc2)N1c1ccccc1. The zero-order valence-corrected chi connectivity index (χ0v) is 17.4. The molecule has 29 heavy (non-hydrogen) atoms. The van der Waals surface area contributed by atoms with E-state index in [9.17, 15) is 13.2 Å². The number of benzene rings is 3. The number of nitrogens with zero attached hydrogens (tertiary/aromatic N) is 2. The van der Waals surface area contributed by atoms with Crippen LogP contribution in [0.3, 0.4) is 0 Å². The molecule has 5 nitrogen and oxygen atoms in total. The van der Waals surface area contributed by atoms with Crippen LogP contribution in [0.25, 0.3) is 0 Å². The van der Waals surface area contributed by atoms with Gasteiger partial charge in [-0.2, -0.15) is 8.42 Å². The molecular formula is C21H15ClN2O3S2. The Morgan fingerprint density at radius 3 is 2.07 bits per heavy atom. The lowest BCUT2D eigenvalue weighted by Crippen LogP contribution is -2.30. The molecule has 4 rings (SSSR count). The van der Waals surface area contributed by atoms with Gasteiger partial charge < -0.3 is 0 Å². The molecule has 3 aromatic carbocycles. The number of amidine groups is 1. The zero-order valence-electron chi connectivity index (χ0n) is 15.0. The molecule has 146 valence electrons. The summed E-state index contributed by atoms with van der Waals surface area (Å²) >= 11 is 6.97. The van der Waals surface area contributed by atoms with Crippen molar-refractivity contribution in [3.8, 4) is 0 Å². The second kappa shape index (κ2) is 8.02. The largest absolute Gasteiger partial charge is 0.284 e. The van der Waals surface area contributed by atoms with Gasteiger partial charge in [0, 0.05) is 5.02 Å². The van der Waals surface area contributed by atoms with E-state index in [4.69, 9.17) is 11.6 Å². The molecule has 0 aliphatic carbocycles. The van der Waals surface area contributed by atoms with Gasteiger partial charge in [0.25, 0.3) is 15.9 Å². The number of para-hydroxylation sites is 1. The minimum absolute atomic E-state index is 0.0126. The molecule has 0 radical (unpaired) electrons. The molecule has 1 saturated heterocycles. The van der Waals surface area contributed by atoms with E-state index in [2.05, 4.69) is 4.40 Å². The van der Waals surface area contributed by atoms with Crippen molar-refractivity contribution in [2.45, 2.75) is 10.1 Å². The normalized spacial score (nSPS) is 18.4. The van der Waals surface area contributed by atoms with Crippen molar-refractivity contribution in [2.24, 2.45) is 4.40 Å². The number of anilines is 1. The summed E-state index contributed by atoms with van der Waals surface area (Å²) in [5, 5.41) is -0.0300. The van der Waals surface area contributed by atoms with Gasteiger partial charge in [-0.25, -0.2) is 0 Å². The van der Waals surface area contributed by atoms with Gasteiger partial charge >= 0.3 is 0 Å². The number of carbonyl (C=O) groups excluding carboxylic acids is 1. The Labute approximate surface area is 178 Å². The first kappa shape index (κ1) is 19.7. The fourth-order valence-electron chi connectivity index (χ4n) is 2.90. The van der Waals surface area contributed by atoms with Gasteiger partial charge in [0.05, 0.1) is 10.6 Å². The summed E-state index contributed by atoms with van der Waals surface area (Å²) in [4.78, 5) is 14.6. The van der Waals surface area contributed by atoms with Crippen LogP contribution in [-0.2, 0) is 14.8 Å². The first-order chi connectivity index (χ1) is 14.0. The highest BCUT2D eigenvalue weighted by atomic mass is 35.5. The predicted octanol–water partition coefficient (Wildman–Crippen LogP) is 4.91. The van der Waals surface area contributed by atoms with E-state index in [0.29, 0.717) is 10.7 Å². The molecule has 3 aromatic rings. The van der Waals surface area contributed by atoms with Crippen LogP contribution in [0.2, 0.25) is 5.02 Å². The smallest absolute Gasteiger partial charge is 0.272 e. The number of sulfonamides is 1. The van der Waals surface area contributed by atoms with Crippen LogP contribution in [0.5, 0.6) is 0 Å². The lowest BCUT2D eigenvalue weighted by Gasteiger charge is -2.16. The maximum absolute atomic E-state index is 13.2. The molecule has 0 bridgehead atoms. The lowest BCUT2D eigenvalue weighted by atomic mass is 10.1. The van der Waals surface area contributed by atoms with Gasteiger partial charge in [-0.05, 0) is 42.0 Å². The van der Waals surface area contributed by atoms with Gasteiger partial charge in [-0.15, -0.1) is 4.40 Å². The summed E-state index contributed by atoms with van der Waals surface area (Å²) < 4.78 is 29.7. The Balaban J connectivity index is 1.79. The predicted molar refractivity (Wildman–Crippen MR) is 117 cm³/mol. The van der Waals surface area contributed by atoms with Crippen LogP contribution in [-0.4, -0.2) is 19.5 Å². The molecule has 1 heterocycles. The van der Waals surface area contributed by atoms with E-state index in [0.717, 1.165) is 17.3 Å². The molecule has 8 heteroatoms. The molecule has 1 atom stereocenters. The van der Waals surface area contributed by atoms with E-state index in [1.807, 2.05) is 36.4 Å². The third-order valence-electron chi connectivity index (χ3n) is 4.29. The summed E-state index contributed by atoms with van der Waals surface area (Å²) in [6.07, 6.45) is 0. The summed E-state index contributed by atoms with van der Waals surface area (Å²) in [7, 11) is -4.02. The van der Waals surface area contributed by atoms with Crippen LogP contribution in [0.4, 0.5) is 5.69 Å². The minimum atomic E-state index is -4.02. The van der Waals surface area contributed by atoms with E-state index < -0.39 is 15.3 Å². The Morgan fingerprint density at radius 2 is 1.45 bits per heavy atom. The molecule has 1 amide bonds. The number of rotatable bonds is 4. The number of amides is 1. The first-order valence-electron chi connectivity index (χ1n) is 8.67. The number of carbonyl (C=O) groups is 1. The van der Waals surface area contributed by atoms with E-state index >= 15 is 0 Å². The van der Waals surface area contributed by atoms with E-state index in [1.54, 1.807) is 24.3 Å². The van der Waals surface area contributed by atoms with E-state index in [-0.39, 0.29) is 16.0 Å². The van der Waals surface area contributed by atoms with Crippen LogP contribution in [0, 0.1) is 0 Å². The average molecular weight is 443 g/mol. The minimum Gasteiger partial charge on any atom is -0.272 e. The summed E-state index contributed by atoms with van der Waals surface area (Å²) in [6.45, 7) is 0. The third-order valence-corrected chi connectivity index (χ3v) is 7.13. The Morgan fingerprint density at radius 1 is 0.862 bits per heavy atom. The second-order valence-electron chi connectivity index (χ2n) is 6.22. The molecule has 0 saturated carbocycles. The number of halogens is 1. The van der Waals surface area contributed by atoms with Crippen molar-refractivity contribution in [3.05, 3.63) is 95.5 Å². The van der Waals surface area contributed by atoms with E-state index in [1.165, 1.54) is 29.2 Å². The maximum Gasteiger partial charge on any atom is 0.284 e. The molecule has 0 N–H and O–H groups in total. The topological polar surface area (TPSA) is 66.8 Å². The fraction of sp³-hybridized carbons (Fsp3) is 0.0476. The van der Waals surface area contributed by atoms with Crippen LogP contribution < -0.4 is 4.90 Å². The standard InChI is InChI=1S/C21H15ClN2O3S2/c22-16-11-13-18(14-12-16)29(26,27)23-21-24(17-9-5-2-6-10-17)20(25)19(28-21)15-7-3-1-4-8-15/h1-14,19H/t19-/m0/s1. The number of hydrogen-bond donors (Lipinski definition) is 0. The van der Waals surface area contributed by atoms with Crippen LogP contribution >= 0.6 is 23.4 Å². The molecule has 0 aromatic heterocycles. The van der Waals surface area contributed by atoms with Crippen molar-refractivity contribution in [1.29, 1.82) is 0 Å². The van der Waals surface area contributed by atoms with Crippen molar-refractivity contribution in [1.82, 2.24) is 0 Å². The van der Waals surface area contributed by atoms with Crippen molar-refractivity contribution >= 4 is 50.1 Å². The highest BCUT2D eigenvalue weighted by molar-refractivity contribution is 8.16. The van der Waals surface area contributed by atoms with Crippen molar-refractivity contribution in [2.75, 3.05) is 4.90 Å². The molecule has 1 fully saturated rings. The number of hydrogen-bond acceptors (Lipinski definition) is 4. The second-order valence-corrected chi connectivity index (χ2v) is 9.33. The van der Waals surface area contributed by atoms with Crippen molar-refractivity contribution < 1.29 is 13.2 Å². The molecule has 0 spiro atoms. The molecular weight excluding hydrogens is 428 g/mol. The Kier molecular flexibility index (Phi) is 5.45. The van der Waals surface area contributed by atoms with Gasteiger partial charge in [-0.1, -0.05) is 71.9 Å². The monoisotopic (exact) mass is 442 g/mol. The zero-order chi connectivity index (χ0) is 20.4. The Hall–Kier alpha value is -2.61. The average Bonchev–Trinajstić information content (AvgIpc) is 3.05. The summed E-state index contributed by atoms with van der Waals surface area (Å²) in [5.41, 5.74) is 1.35. The third kappa shape index (κ3) is 4.07. The summed E-state index contributed by atoms with van der Waals surface area (Å²) in [6, 6.07) is 23.9. The van der Waals surface area contributed by atoms with Crippen LogP contribution in [0.15, 0.2) is 94.2 Å². The molecule has 1 aliphatic heterocycles. The van der Waals surface area contributed by atoms with Gasteiger partial charge in [-0.3, -0.25) is 9.69 Å². The van der Waals surface area contributed by atoms with Crippen molar-refractivity contribution in [3.63, 3.8) is 0 Å². The highest BCUT2D eigenvalue weighted by Crippen LogP contribution is 2.42. The van der Waals surface area contributed by atoms with Gasteiger partial charge in [0.2, 0.25) is 0 Å². The van der Waals surface area contributed by atoms with Crippen LogP contribution in [0.1, 0.15) is 10.8 Å². The fourth-order valence-corrected chi connectivity index (χ4v) is 5.37. The van der Waals surface area contributed by atoms with Gasteiger partial charge in [0.1, 0.15) is 5.25 Å². The maximum atomic E-state index is 13.2. The highest BCUT2D eigenvalue weighted by Gasteiger charge is 2.41. The summed E-state index contributed by atoms with van der Waals surface area (Å²) in [5.74, 6) is -0.238. The Bertz CT molecular complexity index is 1170. The molecule has 0 unspecified atom stereocenters.